The summed E-state index contributed by atoms with van der Waals surface area (Å²) in [6, 6.07) is 12.6. The first kappa shape index (κ1) is 22.2. The van der Waals surface area contributed by atoms with Gasteiger partial charge in [-0.2, -0.15) is 4.98 Å². The quantitative estimate of drug-likeness (QED) is 0.612. The molecule has 3 aromatic rings. The van der Waals surface area contributed by atoms with E-state index in [1.54, 1.807) is 24.0 Å². The lowest BCUT2D eigenvalue weighted by atomic mass is 10.1. The largest absolute Gasteiger partial charge is 0.334 e. The first-order chi connectivity index (χ1) is 15.3. The van der Waals surface area contributed by atoms with Gasteiger partial charge in [-0.1, -0.05) is 47.1 Å². The van der Waals surface area contributed by atoms with Crippen molar-refractivity contribution in [2.24, 2.45) is 0 Å². The van der Waals surface area contributed by atoms with Crippen molar-refractivity contribution in [1.82, 2.24) is 19.8 Å². The van der Waals surface area contributed by atoms with Gasteiger partial charge in [0.1, 0.15) is 0 Å². The van der Waals surface area contributed by atoms with Gasteiger partial charge in [0.25, 0.3) is 0 Å². The Kier molecular flexibility index (Phi) is 6.38. The molecule has 4 rings (SSSR count). The molecule has 1 saturated heterocycles. The minimum atomic E-state index is -3.77. The number of piperidine rings is 1. The van der Waals surface area contributed by atoms with Crippen LogP contribution in [0.3, 0.4) is 0 Å². The van der Waals surface area contributed by atoms with E-state index in [1.807, 2.05) is 31.2 Å². The summed E-state index contributed by atoms with van der Waals surface area (Å²) in [4.78, 5) is 18.7. The summed E-state index contributed by atoms with van der Waals surface area (Å²) in [6.07, 6.45) is 3.03. The highest BCUT2D eigenvalue weighted by Crippen LogP contribution is 2.24. The topological polar surface area (TPSA) is 105 Å². The molecule has 1 aliphatic rings. The molecule has 9 heteroatoms. The number of amides is 1. The molecule has 1 aromatic heterocycles. The van der Waals surface area contributed by atoms with Crippen molar-refractivity contribution in [1.29, 1.82) is 0 Å². The van der Waals surface area contributed by atoms with Crippen LogP contribution in [0.25, 0.3) is 11.4 Å². The molecule has 1 amide bonds. The summed E-state index contributed by atoms with van der Waals surface area (Å²) in [5.41, 5.74) is 3.04. The molecule has 0 radical (unpaired) electrons. The minimum Gasteiger partial charge on any atom is -0.334 e. The van der Waals surface area contributed by atoms with Crippen LogP contribution in [0, 0.1) is 13.8 Å². The molecule has 0 aliphatic carbocycles. The lowest BCUT2D eigenvalue weighted by Gasteiger charge is -2.24. The van der Waals surface area contributed by atoms with Crippen molar-refractivity contribution in [2.75, 3.05) is 13.1 Å². The number of likely N-dealkylation sites (tertiary alicyclic amines) is 1. The molecule has 1 fully saturated rings. The van der Waals surface area contributed by atoms with E-state index >= 15 is 0 Å². The molecule has 168 valence electrons. The van der Waals surface area contributed by atoms with Gasteiger partial charge in [0, 0.05) is 25.2 Å². The van der Waals surface area contributed by atoms with Crippen LogP contribution in [-0.4, -0.2) is 42.5 Å². The van der Waals surface area contributed by atoms with Crippen LogP contribution >= 0.6 is 0 Å². The predicted molar refractivity (Wildman–Crippen MR) is 119 cm³/mol. The monoisotopic (exact) mass is 454 g/mol. The lowest BCUT2D eigenvalue weighted by Crippen LogP contribution is -2.35. The average Bonchev–Trinajstić information content (AvgIpc) is 3.29. The molecule has 2 aromatic carbocycles. The van der Waals surface area contributed by atoms with E-state index in [9.17, 15) is 13.2 Å². The summed E-state index contributed by atoms with van der Waals surface area (Å²) < 4.78 is 33.8. The summed E-state index contributed by atoms with van der Waals surface area (Å²) in [7, 11) is -3.77. The molecule has 1 N–H and O–H groups in total. The Morgan fingerprint density at radius 1 is 1.06 bits per heavy atom. The van der Waals surface area contributed by atoms with E-state index < -0.39 is 10.0 Å². The van der Waals surface area contributed by atoms with Crippen LogP contribution in [0.5, 0.6) is 0 Å². The van der Waals surface area contributed by atoms with Crippen LogP contribution < -0.4 is 4.72 Å². The molecule has 0 saturated carbocycles. The highest BCUT2D eigenvalue weighted by molar-refractivity contribution is 7.89. The highest BCUT2D eigenvalue weighted by atomic mass is 32.2. The van der Waals surface area contributed by atoms with Gasteiger partial charge < -0.3 is 9.42 Å². The maximum absolute atomic E-state index is 13.0. The van der Waals surface area contributed by atoms with Gasteiger partial charge in [0.15, 0.2) is 0 Å². The van der Waals surface area contributed by atoms with Crippen molar-refractivity contribution in [3.63, 3.8) is 0 Å². The normalized spacial score (nSPS) is 14.5. The Morgan fingerprint density at radius 3 is 2.50 bits per heavy atom. The van der Waals surface area contributed by atoms with Crippen molar-refractivity contribution < 1.29 is 17.7 Å². The van der Waals surface area contributed by atoms with Crippen molar-refractivity contribution in [3.8, 4) is 11.4 Å². The number of carbonyl (C=O) groups is 1. The van der Waals surface area contributed by atoms with Crippen LogP contribution in [0.2, 0.25) is 0 Å². The third-order valence-electron chi connectivity index (χ3n) is 5.58. The Morgan fingerprint density at radius 2 is 1.78 bits per heavy atom. The summed E-state index contributed by atoms with van der Waals surface area (Å²) >= 11 is 0. The maximum atomic E-state index is 13.0. The van der Waals surface area contributed by atoms with E-state index in [0.717, 1.165) is 30.4 Å². The smallest absolute Gasteiger partial charge is 0.316 e. The second-order valence-electron chi connectivity index (χ2n) is 8.07. The number of aromatic nitrogens is 2. The number of nitrogens with zero attached hydrogens (tertiary/aromatic N) is 3. The summed E-state index contributed by atoms with van der Waals surface area (Å²) in [5.74, 6) is -0.187. The van der Waals surface area contributed by atoms with Crippen LogP contribution in [-0.2, 0) is 16.6 Å². The molecular weight excluding hydrogens is 428 g/mol. The predicted octanol–water partition coefficient (Wildman–Crippen LogP) is 3.46. The Hall–Kier alpha value is -3.04. The molecule has 0 bridgehead atoms. The van der Waals surface area contributed by atoms with Crippen LogP contribution in [0.15, 0.2) is 51.9 Å². The molecule has 0 atom stereocenters. The van der Waals surface area contributed by atoms with E-state index in [-0.39, 0.29) is 29.1 Å². The van der Waals surface area contributed by atoms with E-state index in [0.29, 0.717) is 24.2 Å². The van der Waals surface area contributed by atoms with Crippen LogP contribution in [0.4, 0.5) is 0 Å². The minimum absolute atomic E-state index is 0.0793. The number of sulfonamides is 1. The van der Waals surface area contributed by atoms with Gasteiger partial charge in [-0.05, 0) is 50.3 Å². The van der Waals surface area contributed by atoms with Gasteiger partial charge in [0.05, 0.1) is 4.90 Å². The molecule has 0 spiro atoms. The van der Waals surface area contributed by atoms with E-state index in [2.05, 4.69) is 14.9 Å². The standard InChI is InChI=1S/C23H26N4O4S/c1-16-6-9-18(10-7-16)15-24-32(29,30)20-14-19(11-8-17(20)2)21-25-22(31-26-21)23(28)27-12-4-3-5-13-27/h6-11,14,24H,3-5,12-13,15H2,1-2H3. The van der Waals surface area contributed by atoms with Crippen LogP contribution in [0.1, 0.15) is 46.6 Å². The molecule has 1 aliphatic heterocycles. The second kappa shape index (κ2) is 9.22. The molecule has 8 nitrogen and oxygen atoms in total. The zero-order valence-corrected chi connectivity index (χ0v) is 19.0. The van der Waals surface area contributed by atoms with Crippen molar-refractivity contribution in [3.05, 3.63) is 65.0 Å². The van der Waals surface area contributed by atoms with Gasteiger partial charge >= 0.3 is 11.8 Å². The molecule has 0 unspecified atom stereocenters. The summed E-state index contributed by atoms with van der Waals surface area (Å²) in [6.45, 7) is 5.24. The SMILES string of the molecule is Cc1ccc(CNS(=O)(=O)c2cc(-c3noc(C(=O)N4CCCCC4)n3)ccc2C)cc1. The molecule has 32 heavy (non-hydrogen) atoms. The zero-order valence-electron chi connectivity index (χ0n) is 18.2. The lowest BCUT2D eigenvalue weighted by molar-refractivity contribution is 0.0674. The molecular formula is C23H26N4O4S. The van der Waals surface area contributed by atoms with Gasteiger partial charge in [-0.15, -0.1) is 0 Å². The number of nitrogens with one attached hydrogen (secondary N) is 1. The average molecular weight is 455 g/mol. The summed E-state index contributed by atoms with van der Waals surface area (Å²) in [5, 5.41) is 3.91. The fraction of sp³-hybridized carbons (Fsp3) is 0.348. The molecule has 2 heterocycles. The Bertz CT molecular complexity index is 1210. The number of hydrogen-bond acceptors (Lipinski definition) is 6. The van der Waals surface area contributed by atoms with Gasteiger partial charge in [-0.25, -0.2) is 13.1 Å². The third kappa shape index (κ3) is 4.89. The number of aryl methyl sites for hydroxylation is 2. The van der Waals surface area contributed by atoms with Crippen molar-refractivity contribution in [2.45, 2.75) is 44.6 Å². The zero-order chi connectivity index (χ0) is 22.7. The first-order valence-electron chi connectivity index (χ1n) is 10.6. The van der Waals surface area contributed by atoms with E-state index in [4.69, 9.17) is 4.52 Å². The maximum Gasteiger partial charge on any atom is 0.316 e. The van der Waals surface area contributed by atoms with Crippen molar-refractivity contribution >= 4 is 15.9 Å². The number of benzene rings is 2. The fourth-order valence-corrected chi connectivity index (χ4v) is 4.94. The van der Waals surface area contributed by atoms with Gasteiger partial charge in [0.2, 0.25) is 15.8 Å². The van der Waals surface area contributed by atoms with Gasteiger partial charge in [-0.3, -0.25) is 4.79 Å². The number of carbonyl (C=O) groups excluding carboxylic acids is 1. The number of rotatable bonds is 6. The Balaban J connectivity index is 1.54. The number of hydrogen-bond donors (Lipinski definition) is 1. The highest BCUT2D eigenvalue weighted by Gasteiger charge is 2.25. The fourth-order valence-electron chi connectivity index (χ4n) is 3.65. The third-order valence-corrected chi connectivity index (χ3v) is 7.12. The first-order valence-corrected chi connectivity index (χ1v) is 12.1. The Labute approximate surface area is 187 Å². The van der Waals surface area contributed by atoms with E-state index in [1.165, 1.54) is 6.07 Å². The second-order valence-corrected chi connectivity index (χ2v) is 9.80.